The summed E-state index contributed by atoms with van der Waals surface area (Å²) in [6.07, 6.45) is 0. The van der Waals surface area contributed by atoms with E-state index in [0.29, 0.717) is 17.8 Å². The highest BCUT2D eigenvalue weighted by atomic mass is 32.2. The van der Waals surface area contributed by atoms with Crippen LogP contribution in [0.1, 0.15) is 22.2 Å². The number of Topliss-reactive ketones (excluding diaryl/α,β-unsaturated/α-hetero) is 1. The minimum atomic E-state index is -0.870. The number of thiophene rings is 1. The second-order valence-corrected chi connectivity index (χ2v) is 7.29. The Bertz CT molecular complexity index is 851. The molecule has 0 amide bonds. The molecular formula is C15H12F2N4OS2. The van der Waals surface area contributed by atoms with E-state index in [2.05, 4.69) is 15.5 Å². The zero-order valence-electron chi connectivity index (χ0n) is 12.5. The summed E-state index contributed by atoms with van der Waals surface area (Å²) in [5.74, 6) is -2.03. The fourth-order valence-electron chi connectivity index (χ4n) is 2.05. The molecule has 0 saturated heterocycles. The molecular weight excluding hydrogens is 354 g/mol. The van der Waals surface area contributed by atoms with Crippen LogP contribution in [0.2, 0.25) is 0 Å². The molecule has 0 spiro atoms. The summed E-state index contributed by atoms with van der Waals surface area (Å²) in [5, 5.41) is 13.3. The maximum atomic E-state index is 13.8. The first-order chi connectivity index (χ1) is 11.5. The van der Waals surface area contributed by atoms with Gasteiger partial charge in [-0.1, -0.05) is 17.8 Å². The molecule has 0 fully saturated rings. The Morgan fingerprint density at radius 1 is 1.38 bits per heavy atom. The summed E-state index contributed by atoms with van der Waals surface area (Å²) in [6.45, 7) is 2.14. The van der Waals surface area contributed by atoms with Gasteiger partial charge in [-0.05, 0) is 40.9 Å². The number of thioether (sulfide) groups is 1. The Labute approximate surface area is 144 Å². The number of hydrogen-bond acceptors (Lipinski definition) is 6. The number of carbonyl (C=O) groups is 1. The number of tetrazole rings is 1. The van der Waals surface area contributed by atoms with E-state index in [-0.39, 0.29) is 5.56 Å². The van der Waals surface area contributed by atoms with Crippen LogP contribution in [0.15, 0.2) is 40.9 Å². The second-order valence-electron chi connectivity index (χ2n) is 4.95. The lowest BCUT2D eigenvalue weighted by Gasteiger charge is -2.10. The van der Waals surface area contributed by atoms with E-state index < -0.39 is 22.7 Å². The van der Waals surface area contributed by atoms with Crippen LogP contribution in [0.25, 0.3) is 0 Å². The van der Waals surface area contributed by atoms with Gasteiger partial charge in [-0.15, -0.1) is 16.4 Å². The average molecular weight is 366 g/mol. The minimum absolute atomic E-state index is 0.145. The summed E-state index contributed by atoms with van der Waals surface area (Å²) in [4.78, 5) is 13.4. The molecule has 0 aliphatic heterocycles. The lowest BCUT2D eigenvalue weighted by Crippen LogP contribution is -2.16. The number of nitrogens with zero attached hydrogens (tertiary/aromatic N) is 4. The number of rotatable bonds is 6. The third-order valence-corrected chi connectivity index (χ3v) is 5.16. The Hall–Kier alpha value is -2.13. The highest BCUT2D eigenvalue weighted by Gasteiger charge is 2.22. The molecule has 0 aliphatic rings. The molecule has 0 N–H and O–H groups in total. The predicted molar refractivity (Wildman–Crippen MR) is 87.2 cm³/mol. The molecule has 0 aliphatic carbocycles. The van der Waals surface area contributed by atoms with Gasteiger partial charge in [0.25, 0.3) is 0 Å². The van der Waals surface area contributed by atoms with Gasteiger partial charge in [0.2, 0.25) is 5.16 Å². The molecule has 0 bridgehead atoms. The van der Waals surface area contributed by atoms with Crippen molar-refractivity contribution in [3.8, 4) is 0 Å². The monoisotopic (exact) mass is 366 g/mol. The molecule has 2 heterocycles. The van der Waals surface area contributed by atoms with Crippen molar-refractivity contribution in [1.82, 2.24) is 20.2 Å². The fraction of sp³-hybridized carbons (Fsp3) is 0.200. The van der Waals surface area contributed by atoms with E-state index in [9.17, 15) is 13.6 Å². The molecule has 1 atom stereocenters. The molecule has 24 heavy (non-hydrogen) atoms. The minimum Gasteiger partial charge on any atom is -0.293 e. The predicted octanol–water partition coefficient (Wildman–Crippen LogP) is 3.42. The van der Waals surface area contributed by atoms with E-state index in [1.807, 2.05) is 17.5 Å². The van der Waals surface area contributed by atoms with Crippen molar-refractivity contribution in [2.75, 3.05) is 0 Å². The topological polar surface area (TPSA) is 60.7 Å². The molecule has 124 valence electrons. The fourth-order valence-corrected chi connectivity index (χ4v) is 3.59. The highest BCUT2D eigenvalue weighted by molar-refractivity contribution is 8.00. The average Bonchev–Trinajstić information content (AvgIpc) is 3.20. The number of hydrogen-bond donors (Lipinski definition) is 0. The summed E-state index contributed by atoms with van der Waals surface area (Å²) in [5.41, 5.74) is -0.145. The highest BCUT2D eigenvalue weighted by Crippen LogP contribution is 2.25. The standard InChI is InChI=1S/C15H12F2N4OS2/c1-9(14(22)12-5-4-10(16)7-13(12)17)24-15-18-19-20-21(15)8-11-3-2-6-23-11/h2-7,9H,8H2,1H3. The number of benzene rings is 1. The maximum absolute atomic E-state index is 13.8. The van der Waals surface area contributed by atoms with Crippen molar-refractivity contribution in [2.45, 2.75) is 23.9 Å². The molecule has 0 radical (unpaired) electrons. The van der Waals surface area contributed by atoms with Crippen molar-refractivity contribution in [2.24, 2.45) is 0 Å². The van der Waals surface area contributed by atoms with Crippen molar-refractivity contribution in [1.29, 1.82) is 0 Å². The van der Waals surface area contributed by atoms with Crippen LogP contribution >= 0.6 is 23.1 Å². The summed E-state index contributed by atoms with van der Waals surface area (Å²) in [7, 11) is 0. The smallest absolute Gasteiger partial charge is 0.210 e. The molecule has 3 aromatic rings. The van der Waals surface area contributed by atoms with Crippen LogP contribution in [-0.2, 0) is 6.54 Å². The van der Waals surface area contributed by atoms with Crippen LogP contribution in [0.3, 0.4) is 0 Å². The normalized spacial score (nSPS) is 12.3. The molecule has 0 saturated carbocycles. The number of ketones is 1. The SMILES string of the molecule is CC(Sc1nnnn1Cc1cccs1)C(=O)c1ccc(F)cc1F. The third-order valence-electron chi connectivity index (χ3n) is 3.23. The van der Waals surface area contributed by atoms with Crippen molar-refractivity contribution >= 4 is 28.9 Å². The summed E-state index contributed by atoms with van der Waals surface area (Å²) in [6, 6.07) is 6.81. The van der Waals surface area contributed by atoms with Crippen LogP contribution in [0.5, 0.6) is 0 Å². The third kappa shape index (κ3) is 3.68. The van der Waals surface area contributed by atoms with Gasteiger partial charge < -0.3 is 0 Å². The van der Waals surface area contributed by atoms with Gasteiger partial charge in [-0.25, -0.2) is 13.5 Å². The Balaban J connectivity index is 1.74. The first-order valence-corrected chi connectivity index (χ1v) is 8.75. The van der Waals surface area contributed by atoms with Gasteiger partial charge in [0, 0.05) is 10.9 Å². The van der Waals surface area contributed by atoms with Gasteiger partial charge in [0.05, 0.1) is 17.4 Å². The van der Waals surface area contributed by atoms with E-state index in [1.165, 1.54) is 0 Å². The van der Waals surface area contributed by atoms with Gasteiger partial charge >= 0.3 is 0 Å². The second kappa shape index (κ2) is 7.18. The molecule has 2 aromatic heterocycles. The van der Waals surface area contributed by atoms with E-state index in [0.717, 1.165) is 28.8 Å². The summed E-state index contributed by atoms with van der Waals surface area (Å²) >= 11 is 2.71. The van der Waals surface area contributed by atoms with Gasteiger partial charge in [0.15, 0.2) is 5.78 Å². The summed E-state index contributed by atoms with van der Waals surface area (Å²) < 4.78 is 28.3. The quantitative estimate of drug-likeness (QED) is 0.494. The van der Waals surface area contributed by atoms with Crippen molar-refractivity contribution in [3.05, 3.63) is 57.8 Å². The number of halogens is 2. The Kier molecular flexibility index (Phi) is 5.00. The van der Waals surface area contributed by atoms with Crippen LogP contribution in [0, 0.1) is 11.6 Å². The van der Waals surface area contributed by atoms with Crippen molar-refractivity contribution < 1.29 is 13.6 Å². The number of carbonyl (C=O) groups excluding carboxylic acids is 1. The first-order valence-electron chi connectivity index (χ1n) is 6.99. The molecule has 3 rings (SSSR count). The van der Waals surface area contributed by atoms with Crippen LogP contribution < -0.4 is 0 Å². The first kappa shape index (κ1) is 16.7. The van der Waals surface area contributed by atoms with Gasteiger partial charge in [-0.3, -0.25) is 4.79 Å². The molecule has 1 aromatic carbocycles. The number of aromatic nitrogens is 4. The van der Waals surface area contributed by atoms with E-state index in [4.69, 9.17) is 0 Å². The molecule has 1 unspecified atom stereocenters. The lowest BCUT2D eigenvalue weighted by molar-refractivity contribution is 0.0990. The zero-order chi connectivity index (χ0) is 17.1. The maximum Gasteiger partial charge on any atom is 0.210 e. The lowest BCUT2D eigenvalue weighted by atomic mass is 10.1. The molecule has 5 nitrogen and oxygen atoms in total. The van der Waals surface area contributed by atoms with E-state index >= 15 is 0 Å². The Morgan fingerprint density at radius 3 is 2.92 bits per heavy atom. The van der Waals surface area contributed by atoms with Gasteiger partial charge in [0.1, 0.15) is 11.6 Å². The van der Waals surface area contributed by atoms with Crippen LogP contribution in [-0.4, -0.2) is 31.2 Å². The van der Waals surface area contributed by atoms with Crippen molar-refractivity contribution in [3.63, 3.8) is 0 Å². The van der Waals surface area contributed by atoms with Gasteiger partial charge in [-0.2, -0.15) is 0 Å². The van der Waals surface area contributed by atoms with Crippen LogP contribution in [0.4, 0.5) is 8.78 Å². The van der Waals surface area contributed by atoms with E-state index in [1.54, 1.807) is 22.9 Å². The zero-order valence-corrected chi connectivity index (χ0v) is 14.2. The Morgan fingerprint density at radius 2 is 2.21 bits per heavy atom. The molecule has 9 heteroatoms. The largest absolute Gasteiger partial charge is 0.293 e.